The number of hydrogen-bond donors (Lipinski definition) is 2. The molecule has 6 nitrogen and oxygen atoms in total. The molecule has 0 aromatic rings. The molecule has 2 N–H and O–H groups in total. The van der Waals surface area contributed by atoms with Gasteiger partial charge in [0.1, 0.15) is 6.17 Å². The number of amides is 3. The molecule has 2 aliphatic heterocycles. The van der Waals surface area contributed by atoms with Crippen LogP contribution in [-0.2, 0) is 4.79 Å². The Balaban J connectivity index is 2.25. The van der Waals surface area contributed by atoms with Crippen molar-refractivity contribution in [1.29, 1.82) is 0 Å². The molecule has 2 heterocycles. The Bertz CT molecular complexity index is 345. The molecule has 0 aliphatic carbocycles. The fourth-order valence-corrected chi connectivity index (χ4v) is 1.76. The van der Waals surface area contributed by atoms with Gasteiger partial charge in [-0.3, -0.25) is 15.1 Å². The first-order valence-corrected chi connectivity index (χ1v) is 4.83. The van der Waals surface area contributed by atoms with E-state index >= 15 is 0 Å². The van der Waals surface area contributed by atoms with E-state index in [4.69, 9.17) is 0 Å². The van der Waals surface area contributed by atoms with Gasteiger partial charge in [-0.2, -0.15) is 0 Å². The molecule has 82 valence electrons. The van der Waals surface area contributed by atoms with Crippen LogP contribution in [0.1, 0.15) is 20.8 Å². The Hall–Kier alpha value is -1.59. The third-order valence-electron chi connectivity index (χ3n) is 2.51. The van der Waals surface area contributed by atoms with E-state index in [0.717, 1.165) is 0 Å². The second-order valence-electron chi connectivity index (χ2n) is 4.70. The van der Waals surface area contributed by atoms with E-state index in [9.17, 15) is 9.59 Å². The van der Waals surface area contributed by atoms with E-state index in [1.54, 1.807) is 6.34 Å². The zero-order chi connectivity index (χ0) is 11.2. The van der Waals surface area contributed by atoms with Crippen molar-refractivity contribution in [3.63, 3.8) is 0 Å². The summed E-state index contributed by atoms with van der Waals surface area (Å²) in [4.78, 5) is 28.6. The number of carbonyl (C=O) groups is 2. The van der Waals surface area contributed by atoms with Crippen LogP contribution in [0.5, 0.6) is 0 Å². The Morgan fingerprint density at radius 2 is 2.07 bits per heavy atom. The molecule has 2 atom stereocenters. The molecule has 0 saturated carbocycles. The number of nitrogens with zero attached hydrogens (tertiary/aromatic N) is 2. The predicted octanol–water partition coefficient (Wildman–Crippen LogP) is -0.337. The van der Waals surface area contributed by atoms with Crippen LogP contribution in [-0.4, -0.2) is 40.9 Å². The zero-order valence-corrected chi connectivity index (χ0v) is 8.94. The number of carbonyl (C=O) groups excluding carboxylic acids is 2. The van der Waals surface area contributed by atoms with Gasteiger partial charge < -0.3 is 10.2 Å². The van der Waals surface area contributed by atoms with Gasteiger partial charge in [0.15, 0.2) is 6.04 Å². The summed E-state index contributed by atoms with van der Waals surface area (Å²) in [6, 6.07) is -0.983. The van der Waals surface area contributed by atoms with E-state index in [0.29, 0.717) is 0 Å². The van der Waals surface area contributed by atoms with Gasteiger partial charge in [-0.15, -0.1) is 0 Å². The lowest BCUT2D eigenvalue weighted by Crippen LogP contribution is -2.65. The molecular weight excluding hydrogens is 196 g/mol. The van der Waals surface area contributed by atoms with Crippen molar-refractivity contribution in [3.05, 3.63) is 0 Å². The molecule has 0 aromatic carbocycles. The predicted molar refractivity (Wildman–Crippen MR) is 54.3 cm³/mol. The Kier molecular flexibility index (Phi) is 1.95. The van der Waals surface area contributed by atoms with Crippen molar-refractivity contribution in [2.75, 3.05) is 0 Å². The molecule has 6 heteroatoms. The molecule has 1 saturated heterocycles. The fraction of sp³-hybridized carbons (Fsp3) is 0.667. The molecule has 2 rings (SSSR count). The summed E-state index contributed by atoms with van der Waals surface area (Å²) in [5.41, 5.74) is -0.173. The van der Waals surface area contributed by atoms with E-state index in [-0.39, 0.29) is 17.6 Å². The van der Waals surface area contributed by atoms with Crippen molar-refractivity contribution >= 4 is 18.3 Å². The van der Waals surface area contributed by atoms with E-state index < -0.39 is 12.1 Å². The van der Waals surface area contributed by atoms with Crippen LogP contribution >= 0.6 is 0 Å². The monoisotopic (exact) mass is 210 g/mol. The van der Waals surface area contributed by atoms with Gasteiger partial charge in [-0.05, 0) is 20.8 Å². The maximum Gasteiger partial charge on any atom is 0.323 e. The van der Waals surface area contributed by atoms with Crippen LogP contribution in [0.15, 0.2) is 4.99 Å². The van der Waals surface area contributed by atoms with Crippen molar-refractivity contribution in [2.24, 2.45) is 4.99 Å². The second kappa shape index (κ2) is 2.95. The molecule has 15 heavy (non-hydrogen) atoms. The van der Waals surface area contributed by atoms with E-state index in [1.807, 2.05) is 25.7 Å². The molecule has 0 radical (unpaired) electrons. The highest BCUT2D eigenvalue weighted by molar-refractivity contribution is 6.01. The normalized spacial score (nSPS) is 29.9. The maximum atomic E-state index is 11.4. The molecule has 0 spiro atoms. The summed E-state index contributed by atoms with van der Waals surface area (Å²) in [6.07, 6.45) is 1.27. The summed E-state index contributed by atoms with van der Waals surface area (Å²) < 4.78 is 0. The van der Waals surface area contributed by atoms with E-state index in [2.05, 4.69) is 15.6 Å². The van der Waals surface area contributed by atoms with Crippen molar-refractivity contribution in [3.8, 4) is 0 Å². The zero-order valence-electron chi connectivity index (χ0n) is 8.94. The Morgan fingerprint density at radius 3 is 2.67 bits per heavy atom. The largest absolute Gasteiger partial charge is 0.335 e. The minimum Gasteiger partial charge on any atom is -0.335 e. The lowest BCUT2D eigenvalue weighted by atomic mass is 10.0. The second-order valence-corrected chi connectivity index (χ2v) is 4.70. The molecule has 0 aromatic heterocycles. The number of hydrogen-bond acceptors (Lipinski definition) is 4. The maximum absolute atomic E-state index is 11.4. The summed E-state index contributed by atoms with van der Waals surface area (Å²) >= 11 is 0. The lowest BCUT2D eigenvalue weighted by molar-refractivity contribution is -0.123. The van der Waals surface area contributed by atoms with Crippen LogP contribution in [0.2, 0.25) is 0 Å². The fourth-order valence-electron chi connectivity index (χ4n) is 1.76. The standard InChI is InChI=1S/C9H14N4O2/c1-9(2,3)13-4-10-5-6(13)11-8(15)12-7(5)14/h4-6H,1-3H3,(H2,11,12,14,15). The minimum atomic E-state index is -0.526. The first-order chi connectivity index (χ1) is 6.89. The highest BCUT2D eigenvalue weighted by Crippen LogP contribution is 2.23. The van der Waals surface area contributed by atoms with Gasteiger partial charge in [0.05, 0.1) is 6.34 Å². The first-order valence-electron chi connectivity index (χ1n) is 4.83. The molecule has 1 fully saturated rings. The number of fused-ring (bicyclic) bond motifs is 1. The first kappa shape index (κ1) is 9.95. The smallest absolute Gasteiger partial charge is 0.323 e. The number of nitrogens with one attached hydrogen (secondary N) is 2. The van der Waals surface area contributed by atoms with Gasteiger partial charge in [0.25, 0.3) is 5.91 Å². The third-order valence-corrected chi connectivity index (χ3v) is 2.51. The summed E-state index contributed by atoms with van der Waals surface area (Å²) in [7, 11) is 0. The van der Waals surface area contributed by atoms with Crippen molar-refractivity contribution in [1.82, 2.24) is 15.5 Å². The van der Waals surface area contributed by atoms with Crippen LogP contribution in [0.4, 0.5) is 4.79 Å². The summed E-state index contributed by atoms with van der Waals surface area (Å²) in [5.74, 6) is -0.341. The minimum absolute atomic E-state index is 0.173. The lowest BCUT2D eigenvalue weighted by Gasteiger charge is -2.39. The molecule has 0 bridgehead atoms. The highest BCUT2D eigenvalue weighted by Gasteiger charge is 2.44. The van der Waals surface area contributed by atoms with Crippen LogP contribution in [0.3, 0.4) is 0 Å². The Morgan fingerprint density at radius 1 is 1.40 bits per heavy atom. The number of rotatable bonds is 0. The van der Waals surface area contributed by atoms with Gasteiger partial charge in [0.2, 0.25) is 0 Å². The highest BCUT2D eigenvalue weighted by atomic mass is 16.2. The quantitative estimate of drug-likeness (QED) is 0.574. The number of aliphatic imine (C=N–C) groups is 1. The summed E-state index contributed by atoms with van der Waals surface area (Å²) in [5, 5.41) is 4.89. The summed E-state index contributed by atoms with van der Waals surface area (Å²) in [6.45, 7) is 6.00. The van der Waals surface area contributed by atoms with Crippen molar-refractivity contribution in [2.45, 2.75) is 38.5 Å². The van der Waals surface area contributed by atoms with Gasteiger partial charge >= 0.3 is 6.03 Å². The van der Waals surface area contributed by atoms with E-state index in [1.165, 1.54) is 0 Å². The number of imide groups is 1. The van der Waals surface area contributed by atoms with Crippen LogP contribution in [0, 0.1) is 0 Å². The Labute approximate surface area is 87.7 Å². The SMILES string of the molecule is CC(C)(C)N1C=NC2C(=O)NC(=O)NC21. The van der Waals surface area contributed by atoms with Crippen LogP contribution < -0.4 is 10.6 Å². The van der Waals surface area contributed by atoms with Gasteiger partial charge in [-0.25, -0.2) is 4.79 Å². The molecule has 3 amide bonds. The molecule has 2 unspecified atom stereocenters. The van der Waals surface area contributed by atoms with Gasteiger partial charge in [-0.1, -0.05) is 0 Å². The van der Waals surface area contributed by atoms with Crippen molar-refractivity contribution < 1.29 is 9.59 Å². The number of urea groups is 1. The van der Waals surface area contributed by atoms with Gasteiger partial charge in [0, 0.05) is 5.54 Å². The topological polar surface area (TPSA) is 73.8 Å². The third kappa shape index (κ3) is 1.55. The average Bonchev–Trinajstić information content (AvgIpc) is 2.45. The molecule has 2 aliphatic rings. The molecular formula is C9H14N4O2. The average molecular weight is 210 g/mol. The van der Waals surface area contributed by atoms with Crippen LogP contribution in [0.25, 0.3) is 0 Å².